The third-order valence-electron chi connectivity index (χ3n) is 6.69. The molecular formula is C29H30FN5O. The topological polar surface area (TPSA) is 51.7 Å². The SMILES string of the molecule is CN(C)c1ccc(CNC(=O)c2ccc3ccnc(N4CCN(c5ccccc5F)CC4)c3c2)cc1. The third-order valence-corrected chi connectivity index (χ3v) is 6.69. The molecule has 1 saturated heterocycles. The lowest BCUT2D eigenvalue weighted by molar-refractivity contribution is 0.0951. The summed E-state index contributed by atoms with van der Waals surface area (Å²) in [4.78, 5) is 24.0. The van der Waals surface area contributed by atoms with Gasteiger partial charge in [0.1, 0.15) is 11.6 Å². The molecule has 1 fully saturated rings. The molecule has 0 bridgehead atoms. The zero-order chi connectivity index (χ0) is 25.1. The average Bonchev–Trinajstić information content (AvgIpc) is 2.91. The molecule has 0 unspecified atom stereocenters. The zero-order valence-electron chi connectivity index (χ0n) is 20.6. The van der Waals surface area contributed by atoms with Gasteiger partial charge >= 0.3 is 0 Å². The number of benzene rings is 3. The first-order chi connectivity index (χ1) is 17.5. The van der Waals surface area contributed by atoms with E-state index < -0.39 is 0 Å². The number of halogens is 1. The molecule has 1 aliphatic heterocycles. The summed E-state index contributed by atoms with van der Waals surface area (Å²) in [6.45, 7) is 3.31. The van der Waals surface area contributed by atoms with Gasteiger partial charge in [0, 0.05) is 69.7 Å². The Morgan fingerprint density at radius 3 is 2.39 bits per heavy atom. The number of para-hydroxylation sites is 1. The lowest BCUT2D eigenvalue weighted by Crippen LogP contribution is -2.47. The fraction of sp³-hybridized carbons (Fsp3) is 0.241. The smallest absolute Gasteiger partial charge is 0.251 e. The highest BCUT2D eigenvalue weighted by molar-refractivity contribution is 6.01. The number of aromatic nitrogens is 1. The predicted molar refractivity (Wildman–Crippen MR) is 145 cm³/mol. The van der Waals surface area contributed by atoms with E-state index in [2.05, 4.69) is 20.1 Å². The van der Waals surface area contributed by atoms with Gasteiger partial charge in [-0.1, -0.05) is 30.3 Å². The molecule has 0 saturated carbocycles. The second kappa shape index (κ2) is 10.2. The van der Waals surface area contributed by atoms with Crippen LogP contribution in [-0.4, -0.2) is 51.2 Å². The molecule has 4 aromatic rings. The molecule has 0 radical (unpaired) electrons. The highest BCUT2D eigenvalue weighted by atomic mass is 19.1. The summed E-state index contributed by atoms with van der Waals surface area (Å²) in [5.41, 5.74) is 3.41. The van der Waals surface area contributed by atoms with Gasteiger partial charge in [-0.2, -0.15) is 0 Å². The maximum atomic E-state index is 14.2. The fourth-order valence-corrected chi connectivity index (χ4v) is 4.61. The number of hydrogen-bond donors (Lipinski definition) is 1. The minimum absolute atomic E-state index is 0.118. The molecule has 1 amide bonds. The zero-order valence-corrected chi connectivity index (χ0v) is 20.6. The van der Waals surface area contributed by atoms with Crippen molar-refractivity contribution in [3.63, 3.8) is 0 Å². The van der Waals surface area contributed by atoms with Crippen molar-refractivity contribution in [2.45, 2.75) is 6.54 Å². The van der Waals surface area contributed by atoms with Gasteiger partial charge in [0.2, 0.25) is 0 Å². The molecule has 1 aliphatic rings. The summed E-state index contributed by atoms with van der Waals surface area (Å²) in [7, 11) is 4.01. The van der Waals surface area contributed by atoms with E-state index in [1.165, 1.54) is 6.07 Å². The van der Waals surface area contributed by atoms with Gasteiger partial charge in [-0.3, -0.25) is 4.79 Å². The highest BCUT2D eigenvalue weighted by Gasteiger charge is 2.22. The van der Waals surface area contributed by atoms with E-state index in [0.717, 1.165) is 40.9 Å². The minimum atomic E-state index is -0.196. The summed E-state index contributed by atoms with van der Waals surface area (Å²) in [5.74, 6) is 0.543. The Morgan fingerprint density at radius 2 is 1.67 bits per heavy atom. The molecule has 1 N–H and O–H groups in total. The van der Waals surface area contributed by atoms with Crippen molar-refractivity contribution < 1.29 is 9.18 Å². The van der Waals surface area contributed by atoms with Gasteiger partial charge in [-0.25, -0.2) is 9.37 Å². The number of anilines is 3. The van der Waals surface area contributed by atoms with Crippen LogP contribution in [0.3, 0.4) is 0 Å². The number of amides is 1. The quantitative estimate of drug-likeness (QED) is 0.431. The van der Waals surface area contributed by atoms with Crippen LogP contribution >= 0.6 is 0 Å². The maximum Gasteiger partial charge on any atom is 0.251 e. The third kappa shape index (κ3) is 4.96. The largest absolute Gasteiger partial charge is 0.378 e. The summed E-state index contributed by atoms with van der Waals surface area (Å²) in [6.07, 6.45) is 1.80. The van der Waals surface area contributed by atoms with Crippen LogP contribution in [0.4, 0.5) is 21.6 Å². The number of hydrogen-bond acceptors (Lipinski definition) is 5. The Kier molecular flexibility index (Phi) is 6.71. The van der Waals surface area contributed by atoms with E-state index in [9.17, 15) is 9.18 Å². The monoisotopic (exact) mass is 483 g/mol. The summed E-state index contributed by atoms with van der Waals surface area (Å²) >= 11 is 0. The number of rotatable bonds is 6. The Bertz CT molecular complexity index is 1360. The molecule has 184 valence electrons. The average molecular weight is 484 g/mol. The Morgan fingerprint density at radius 1 is 0.944 bits per heavy atom. The van der Waals surface area contributed by atoms with Gasteiger partial charge in [-0.05, 0) is 53.4 Å². The predicted octanol–water partition coefficient (Wildman–Crippen LogP) is 4.70. The van der Waals surface area contributed by atoms with Crippen molar-refractivity contribution in [3.05, 3.63) is 95.9 Å². The molecule has 2 heterocycles. The molecule has 6 nitrogen and oxygen atoms in total. The Hall–Kier alpha value is -4.13. The molecule has 5 rings (SSSR count). The molecule has 0 atom stereocenters. The normalized spacial score (nSPS) is 13.6. The van der Waals surface area contributed by atoms with Gasteiger partial charge in [-0.15, -0.1) is 0 Å². The molecule has 7 heteroatoms. The Labute approximate surface area is 211 Å². The van der Waals surface area contributed by atoms with Crippen LogP contribution in [0.25, 0.3) is 10.8 Å². The van der Waals surface area contributed by atoms with Crippen LogP contribution in [-0.2, 0) is 6.54 Å². The first kappa shape index (κ1) is 23.6. The number of pyridine rings is 1. The van der Waals surface area contributed by atoms with E-state index in [0.29, 0.717) is 30.9 Å². The van der Waals surface area contributed by atoms with Gasteiger partial charge < -0.3 is 20.0 Å². The van der Waals surface area contributed by atoms with Gasteiger partial charge in [0.25, 0.3) is 5.91 Å². The Balaban J connectivity index is 1.30. The van der Waals surface area contributed by atoms with E-state index in [1.54, 1.807) is 12.3 Å². The van der Waals surface area contributed by atoms with Crippen LogP contribution < -0.4 is 20.0 Å². The van der Waals surface area contributed by atoms with Crippen molar-refractivity contribution >= 4 is 33.9 Å². The number of carbonyl (C=O) groups excluding carboxylic acids is 1. The van der Waals surface area contributed by atoms with Crippen molar-refractivity contribution in [1.29, 1.82) is 0 Å². The molecule has 3 aromatic carbocycles. The molecular weight excluding hydrogens is 453 g/mol. The molecule has 0 spiro atoms. The van der Waals surface area contributed by atoms with Crippen LogP contribution in [0.15, 0.2) is 79.0 Å². The van der Waals surface area contributed by atoms with Crippen molar-refractivity contribution in [3.8, 4) is 0 Å². The van der Waals surface area contributed by atoms with Gasteiger partial charge in [0.05, 0.1) is 5.69 Å². The lowest BCUT2D eigenvalue weighted by atomic mass is 10.1. The van der Waals surface area contributed by atoms with Crippen molar-refractivity contribution in [2.24, 2.45) is 0 Å². The second-order valence-electron chi connectivity index (χ2n) is 9.24. The summed E-state index contributed by atoms with van der Waals surface area (Å²) in [5, 5.41) is 5.01. The lowest BCUT2D eigenvalue weighted by Gasteiger charge is -2.37. The van der Waals surface area contributed by atoms with Crippen LogP contribution in [0.2, 0.25) is 0 Å². The minimum Gasteiger partial charge on any atom is -0.378 e. The van der Waals surface area contributed by atoms with Crippen LogP contribution in [0.1, 0.15) is 15.9 Å². The van der Waals surface area contributed by atoms with E-state index in [4.69, 9.17) is 0 Å². The highest BCUT2D eigenvalue weighted by Crippen LogP contribution is 2.28. The number of carbonyl (C=O) groups is 1. The van der Waals surface area contributed by atoms with Crippen molar-refractivity contribution in [2.75, 3.05) is 55.0 Å². The summed E-state index contributed by atoms with van der Waals surface area (Å²) in [6, 6.07) is 22.7. The first-order valence-electron chi connectivity index (χ1n) is 12.2. The number of fused-ring (bicyclic) bond motifs is 1. The van der Waals surface area contributed by atoms with Gasteiger partial charge in [0.15, 0.2) is 0 Å². The van der Waals surface area contributed by atoms with E-state index >= 15 is 0 Å². The second-order valence-corrected chi connectivity index (χ2v) is 9.24. The number of nitrogens with zero attached hydrogens (tertiary/aromatic N) is 4. The van der Waals surface area contributed by atoms with E-state index in [1.807, 2.05) is 79.7 Å². The number of piperazine rings is 1. The maximum absolute atomic E-state index is 14.2. The fourth-order valence-electron chi connectivity index (χ4n) is 4.61. The van der Waals surface area contributed by atoms with E-state index in [-0.39, 0.29) is 11.7 Å². The first-order valence-corrected chi connectivity index (χ1v) is 12.2. The standard InChI is InChI=1S/C29H30FN5O/c1-33(2)24-11-7-21(8-12-24)20-32-29(36)23-10-9-22-13-14-31-28(25(22)19-23)35-17-15-34(16-18-35)27-6-4-3-5-26(27)30/h3-14,19H,15-18,20H2,1-2H3,(H,32,36). The van der Waals surface area contributed by atoms with Crippen molar-refractivity contribution in [1.82, 2.24) is 10.3 Å². The molecule has 0 aliphatic carbocycles. The van der Waals surface area contributed by atoms with Crippen LogP contribution in [0, 0.1) is 5.82 Å². The summed E-state index contributed by atoms with van der Waals surface area (Å²) < 4.78 is 14.2. The van der Waals surface area contributed by atoms with Crippen LogP contribution in [0.5, 0.6) is 0 Å². The molecule has 1 aromatic heterocycles. The molecule has 36 heavy (non-hydrogen) atoms. The number of nitrogens with one attached hydrogen (secondary N) is 1.